The average Bonchev–Trinajstić information content (AvgIpc) is 2.73. The lowest BCUT2D eigenvalue weighted by molar-refractivity contribution is -0.222. The van der Waals surface area contributed by atoms with Crippen LogP contribution in [0.15, 0.2) is 36.9 Å². The van der Waals surface area contributed by atoms with Gasteiger partial charge in [-0.25, -0.2) is 22.0 Å². The van der Waals surface area contributed by atoms with Crippen LogP contribution >= 0.6 is 0 Å². The number of hydrogen-bond acceptors (Lipinski definition) is 1. The molecule has 3 rings (SSSR count). The molecule has 1 aliphatic carbocycles. The van der Waals surface area contributed by atoms with Gasteiger partial charge in [0, 0.05) is 12.1 Å². The van der Waals surface area contributed by atoms with Crippen LogP contribution in [-0.4, -0.2) is 6.11 Å². The van der Waals surface area contributed by atoms with Gasteiger partial charge in [0.25, 0.3) is 0 Å². The summed E-state index contributed by atoms with van der Waals surface area (Å²) in [5.74, 6) is -9.50. The Morgan fingerprint density at radius 3 is 2.10 bits per heavy atom. The largest absolute Gasteiger partial charge is 0.432 e. The van der Waals surface area contributed by atoms with Crippen molar-refractivity contribution >= 4 is 0 Å². The van der Waals surface area contributed by atoms with Gasteiger partial charge in [0.1, 0.15) is 5.75 Å². The summed E-state index contributed by atoms with van der Waals surface area (Å²) >= 11 is 0. The Kier molecular flexibility index (Phi) is 6.96. The minimum Gasteiger partial charge on any atom is -0.432 e. The summed E-state index contributed by atoms with van der Waals surface area (Å²) in [5.41, 5.74) is 0.374. The van der Waals surface area contributed by atoms with Crippen molar-refractivity contribution in [3.8, 4) is 5.75 Å². The van der Waals surface area contributed by atoms with E-state index in [4.69, 9.17) is 0 Å². The lowest BCUT2D eigenvalue weighted by Gasteiger charge is -2.33. The Labute approximate surface area is 175 Å². The summed E-state index contributed by atoms with van der Waals surface area (Å²) in [6.07, 6.45) is -1.16. The molecule has 0 amide bonds. The molecule has 0 atom stereocenters. The van der Waals surface area contributed by atoms with E-state index in [9.17, 15) is 30.7 Å². The maximum Gasteiger partial charge on any atom is 0.400 e. The molecular weight excluding hydrogens is 425 g/mol. The average molecular weight is 446 g/mol. The van der Waals surface area contributed by atoms with Crippen LogP contribution in [0.3, 0.4) is 0 Å². The lowest BCUT2D eigenvalue weighted by Crippen LogP contribution is -2.37. The quantitative estimate of drug-likeness (QED) is 0.244. The molecular formula is C23H21F7O. The van der Waals surface area contributed by atoms with Crippen LogP contribution in [-0.2, 0) is 6.42 Å². The smallest absolute Gasteiger partial charge is 0.400 e. The standard InChI is InChI=1S/C23H21F7O/c1-2-3-4-14-7-10-17(21(27)20(14)26)13-5-8-15(9-6-13)23(29,30)31-16-11-18(24)22(28)19(25)12-16/h2,7,10-13,15H,1,3-6,8-9H2. The van der Waals surface area contributed by atoms with Gasteiger partial charge < -0.3 is 4.74 Å². The van der Waals surface area contributed by atoms with Crippen molar-refractivity contribution in [2.24, 2.45) is 5.92 Å². The molecule has 0 aromatic heterocycles. The highest BCUT2D eigenvalue weighted by molar-refractivity contribution is 5.30. The molecule has 0 saturated heterocycles. The van der Waals surface area contributed by atoms with E-state index >= 15 is 0 Å². The van der Waals surface area contributed by atoms with E-state index < -0.39 is 52.8 Å². The minimum atomic E-state index is -3.76. The van der Waals surface area contributed by atoms with E-state index in [2.05, 4.69) is 11.3 Å². The second-order valence-corrected chi connectivity index (χ2v) is 7.68. The third kappa shape index (κ3) is 5.05. The normalized spacial score (nSPS) is 19.3. The molecule has 2 aromatic rings. The molecule has 2 aromatic carbocycles. The van der Waals surface area contributed by atoms with Crippen molar-refractivity contribution in [1.82, 2.24) is 0 Å². The summed E-state index contributed by atoms with van der Waals surface area (Å²) in [5, 5.41) is 0. The third-order valence-corrected chi connectivity index (χ3v) is 5.66. The molecule has 0 bridgehead atoms. The van der Waals surface area contributed by atoms with Crippen LogP contribution in [0.25, 0.3) is 0 Å². The maximum absolute atomic E-state index is 14.5. The topological polar surface area (TPSA) is 9.23 Å². The molecule has 1 saturated carbocycles. The SMILES string of the molecule is C=CCCc1ccc(C2CCC(C(F)(F)Oc3cc(F)c(F)c(F)c3)CC2)c(F)c1F. The van der Waals surface area contributed by atoms with Crippen molar-refractivity contribution in [2.45, 2.75) is 50.6 Å². The molecule has 0 aliphatic heterocycles. The number of benzene rings is 2. The fourth-order valence-corrected chi connectivity index (χ4v) is 3.94. The van der Waals surface area contributed by atoms with Gasteiger partial charge in [-0.2, -0.15) is 8.78 Å². The first-order chi connectivity index (χ1) is 14.6. The number of ether oxygens (including phenoxy) is 1. The number of hydrogen-bond donors (Lipinski definition) is 0. The molecule has 168 valence electrons. The molecule has 8 heteroatoms. The lowest BCUT2D eigenvalue weighted by atomic mass is 9.77. The molecule has 0 radical (unpaired) electrons. The molecule has 0 heterocycles. The van der Waals surface area contributed by atoms with E-state index in [0.29, 0.717) is 25.0 Å². The maximum atomic E-state index is 14.5. The van der Waals surface area contributed by atoms with Crippen LogP contribution in [0.5, 0.6) is 5.75 Å². The zero-order chi connectivity index (χ0) is 22.8. The van der Waals surface area contributed by atoms with E-state index in [1.807, 2.05) is 0 Å². The van der Waals surface area contributed by atoms with Crippen molar-refractivity contribution in [2.75, 3.05) is 0 Å². The second-order valence-electron chi connectivity index (χ2n) is 7.68. The van der Waals surface area contributed by atoms with Gasteiger partial charge in [-0.1, -0.05) is 18.2 Å². The zero-order valence-corrected chi connectivity index (χ0v) is 16.5. The van der Waals surface area contributed by atoms with Crippen molar-refractivity contribution in [3.05, 3.63) is 77.1 Å². The number of allylic oxidation sites excluding steroid dienone is 1. The predicted molar refractivity (Wildman–Crippen MR) is 101 cm³/mol. The van der Waals surface area contributed by atoms with Crippen LogP contribution in [0.4, 0.5) is 30.7 Å². The third-order valence-electron chi connectivity index (χ3n) is 5.66. The van der Waals surface area contributed by atoms with Crippen LogP contribution < -0.4 is 4.74 Å². The number of aryl methyl sites for hydroxylation is 1. The van der Waals surface area contributed by atoms with E-state index in [1.54, 1.807) is 6.08 Å². The molecule has 0 N–H and O–H groups in total. The highest BCUT2D eigenvalue weighted by Crippen LogP contribution is 2.44. The monoisotopic (exact) mass is 446 g/mol. The molecule has 1 aliphatic rings. The van der Waals surface area contributed by atoms with Crippen LogP contribution in [0.2, 0.25) is 0 Å². The van der Waals surface area contributed by atoms with Gasteiger partial charge in [-0.3, -0.25) is 0 Å². The van der Waals surface area contributed by atoms with Gasteiger partial charge in [0.2, 0.25) is 0 Å². The first-order valence-corrected chi connectivity index (χ1v) is 9.93. The summed E-state index contributed by atoms with van der Waals surface area (Å²) in [6, 6.07) is 3.69. The highest BCUT2D eigenvalue weighted by Gasteiger charge is 2.44. The Bertz CT molecular complexity index is 926. The first-order valence-electron chi connectivity index (χ1n) is 9.93. The Hall–Kier alpha value is -2.51. The Balaban J connectivity index is 1.67. The second kappa shape index (κ2) is 9.32. The van der Waals surface area contributed by atoms with Gasteiger partial charge in [-0.15, -0.1) is 6.58 Å². The van der Waals surface area contributed by atoms with Gasteiger partial charge >= 0.3 is 6.11 Å². The fourth-order valence-electron chi connectivity index (χ4n) is 3.94. The summed E-state index contributed by atoms with van der Waals surface area (Å²) < 4.78 is 102. The molecule has 0 spiro atoms. The van der Waals surface area contributed by atoms with E-state index in [1.165, 1.54) is 12.1 Å². The van der Waals surface area contributed by atoms with Gasteiger partial charge in [-0.05, 0) is 55.6 Å². The Morgan fingerprint density at radius 1 is 0.903 bits per heavy atom. The number of rotatable bonds is 7. The zero-order valence-electron chi connectivity index (χ0n) is 16.5. The summed E-state index contributed by atoms with van der Waals surface area (Å²) in [6.45, 7) is 3.54. The van der Waals surface area contributed by atoms with Gasteiger partial charge in [0.15, 0.2) is 29.1 Å². The molecule has 1 fully saturated rings. The summed E-state index contributed by atoms with van der Waals surface area (Å²) in [7, 11) is 0. The van der Waals surface area contributed by atoms with Crippen molar-refractivity contribution in [3.63, 3.8) is 0 Å². The number of halogens is 7. The Morgan fingerprint density at radius 2 is 1.52 bits per heavy atom. The van der Waals surface area contributed by atoms with Crippen LogP contribution in [0.1, 0.15) is 49.1 Å². The minimum absolute atomic E-state index is 0.0664. The number of alkyl halides is 2. The predicted octanol–water partition coefficient (Wildman–Crippen LogP) is 7.45. The fraction of sp³-hybridized carbons (Fsp3) is 0.391. The first kappa shape index (κ1) is 23.2. The molecule has 1 nitrogen and oxygen atoms in total. The summed E-state index contributed by atoms with van der Waals surface area (Å²) in [4.78, 5) is 0. The molecule has 0 unspecified atom stereocenters. The van der Waals surface area contributed by atoms with Crippen molar-refractivity contribution < 1.29 is 35.5 Å². The van der Waals surface area contributed by atoms with Crippen LogP contribution in [0, 0.1) is 35.0 Å². The van der Waals surface area contributed by atoms with E-state index in [0.717, 1.165) is 0 Å². The molecule has 31 heavy (non-hydrogen) atoms. The van der Waals surface area contributed by atoms with E-state index in [-0.39, 0.29) is 36.8 Å². The highest BCUT2D eigenvalue weighted by atomic mass is 19.3. The van der Waals surface area contributed by atoms with Crippen molar-refractivity contribution in [1.29, 1.82) is 0 Å². The van der Waals surface area contributed by atoms with Gasteiger partial charge in [0.05, 0.1) is 5.92 Å².